The largest absolute Gasteiger partial charge is 0.337 e. The summed E-state index contributed by atoms with van der Waals surface area (Å²) >= 11 is 0. The molecule has 1 unspecified atom stereocenters. The smallest absolute Gasteiger partial charge is 0.245 e. The van der Waals surface area contributed by atoms with Gasteiger partial charge in [0.1, 0.15) is 6.04 Å². The highest BCUT2D eigenvalue weighted by atomic mass is 32.2. The molecule has 146 valence electrons. The van der Waals surface area contributed by atoms with Crippen molar-refractivity contribution in [1.82, 2.24) is 14.4 Å². The molecule has 0 spiro atoms. The molecule has 1 saturated heterocycles. The normalized spacial score (nSPS) is 17.9. The Morgan fingerprint density at radius 1 is 1.04 bits per heavy atom. The summed E-state index contributed by atoms with van der Waals surface area (Å²) in [5.41, 5.74) is 3.65. The minimum atomic E-state index is -3.64. The van der Waals surface area contributed by atoms with Crippen LogP contribution in [0.5, 0.6) is 0 Å². The van der Waals surface area contributed by atoms with Gasteiger partial charge in [-0.3, -0.25) is 0 Å². The molecule has 28 heavy (non-hydrogen) atoms. The van der Waals surface area contributed by atoms with Crippen molar-refractivity contribution in [2.75, 3.05) is 6.54 Å². The van der Waals surface area contributed by atoms with Crippen LogP contribution in [0.1, 0.15) is 41.5 Å². The van der Waals surface area contributed by atoms with E-state index >= 15 is 0 Å². The van der Waals surface area contributed by atoms with Gasteiger partial charge in [-0.25, -0.2) is 8.42 Å². The number of rotatable bonds is 4. The maximum atomic E-state index is 13.3. The Bertz CT molecular complexity index is 1100. The molecule has 2 aromatic carbocycles. The first-order chi connectivity index (χ1) is 13.4. The minimum Gasteiger partial charge on any atom is -0.337 e. The van der Waals surface area contributed by atoms with Crippen molar-refractivity contribution in [3.63, 3.8) is 0 Å². The molecular formula is C21H23N3O3S. The number of hydrogen-bond acceptors (Lipinski definition) is 5. The van der Waals surface area contributed by atoms with Crippen molar-refractivity contribution >= 4 is 10.0 Å². The maximum absolute atomic E-state index is 13.3. The first kappa shape index (κ1) is 18.8. The molecule has 1 aromatic heterocycles. The number of hydrogen-bond donors (Lipinski definition) is 0. The lowest BCUT2D eigenvalue weighted by atomic mass is 10.1. The lowest BCUT2D eigenvalue weighted by Gasteiger charge is -2.22. The molecule has 2 heterocycles. The second kappa shape index (κ2) is 7.14. The fourth-order valence-electron chi connectivity index (χ4n) is 3.58. The monoisotopic (exact) mass is 397 g/mol. The molecule has 0 N–H and O–H groups in total. The van der Waals surface area contributed by atoms with Crippen LogP contribution in [0.15, 0.2) is 51.9 Å². The molecule has 6 nitrogen and oxygen atoms in total. The van der Waals surface area contributed by atoms with Crippen LogP contribution in [0.3, 0.4) is 0 Å². The second-order valence-corrected chi connectivity index (χ2v) is 9.22. The van der Waals surface area contributed by atoms with Crippen LogP contribution in [-0.4, -0.2) is 29.4 Å². The SMILES string of the molecule is Cc1ccc(-c2noc(C3CCCN3S(=O)(=O)c3cc(C)ccc3C)n2)cc1. The molecule has 0 radical (unpaired) electrons. The van der Waals surface area contributed by atoms with Crippen LogP contribution in [0, 0.1) is 20.8 Å². The summed E-state index contributed by atoms with van der Waals surface area (Å²) in [5.74, 6) is 0.827. The van der Waals surface area contributed by atoms with E-state index in [9.17, 15) is 8.42 Å². The van der Waals surface area contributed by atoms with Crippen LogP contribution in [0.25, 0.3) is 11.4 Å². The second-order valence-electron chi connectivity index (χ2n) is 7.36. The standard InChI is InChI=1S/C21H23N3O3S/c1-14-7-10-17(11-8-14)20-22-21(27-23-20)18-5-4-12-24(18)28(25,26)19-13-15(2)6-9-16(19)3/h6-11,13,18H,4-5,12H2,1-3H3. The van der Waals surface area contributed by atoms with Gasteiger partial charge in [-0.2, -0.15) is 9.29 Å². The first-order valence-electron chi connectivity index (χ1n) is 9.36. The summed E-state index contributed by atoms with van der Waals surface area (Å²) in [6.45, 7) is 6.17. The average Bonchev–Trinajstić information content (AvgIpc) is 3.33. The molecule has 1 aliphatic rings. The van der Waals surface area contributed by atoms with Crippen molar-refractivity contribution in [2.24, 2.45) is 0 Å². The van der Waals surface area contributed by atoms with E-state index in [4.69, 9.17) is 4.52 Å². The number of benzene rings is 2. The maximum Gasteiger partial charge on any atom is 0.245 e. The molecule has 1 aliphatic heterocycles. The molecule has 7 heteroatoms. The predicted octanol–water partition coefficient (Wildman–Crippen LogP) is 4.19. The third-order valence-corrected chi connectivity index (χ3v) is 7.22. The Morgan fingerprint density at radius 3 is 2.50 bits per heavy atom. The molecule has 4 rings (SSSR count). The van der Waals surface area contributed by atoms with Gasteiger partial charge in [-0.15, -0.1) is 0 Å². The summed E-state index contributed by atoms with van der Waals surface area (Å²) in [5, 5.41) is 4.07. The molecule has 1 fully saturated rings. The quantitative estimate of drug-likeness (QED) is 0.660. The van der Waals surface area contributed by atoms with Crippen molar-refractivity contribution in [1.29, 1.82) is 0 Å². The van der Waals surface area contributed by atoms with E-state index in [0.717, 1.165) is 28.7 Å². The number of aromatic nitrogens is 2. The Morgan fingerprint density at radius 2 is 1.75 bits per heavy atom. The van der Waals surface area contributed by atoms with Crippen LogP contribution in [0.2, 0.25) is 0 Å². The van der Waals surface area contributed by atoms with Crippen molar-refractivity contribution in [3.05, 3.63) is 65.0 Å². The van der Waals surface area contributed by atoms with E-state index in [1.807, 2.05) is 57.2 Å². The molecule has 0 saturated carbocycles. The highest BCUT2D eigenvalue weighted by Gasteiger charge is 2.40. The predicted molar refractivity (Wildman–Crippen MR) is 106 cm³/mol. The van der Waals surface area contributed by atoms with Gasteiger partial charge in [-0.1, -0.05) is 47.1 Å². The van der Waals surface area contributed by atoms with Gasteiger partial charge in [0.25, 0.3) is 0 Å². The van der Waals surface area contributed by atoms with E-state index in [0.29, 0.717) is 29.6 Å². The van der Waals surface area contributed by atoms with Crippen LogP contribution < -0.4 is 0 Å². The minimum absolute atomic E-state index is 0.345. The Hall–Kier alpha value is -2.51. The van der Waals surface area contributed by atoms with Crippen LogP contribution in [-0.2, 0) is 10.0 Å². The highest BCUT2D eigenvalue weighted by Crippen LogP contribution is 2.37. The van der Waals surface area contributed by atoms with E-state index < -0.39 is 16.1 Å². The summed E-state index contributed by atoms with van der Waals surface area (Å²) in [6.07, 6.45) is 1.43. The zero-order valence-electron chi connectivity index (χ0n) is 16.2. The fourth-order valence-corrected chi connectivity index (χ4v) is 5.54. The fraction of sp³-hybridized carbons (Fsp3) is 0.333. The lowest BCUT2D eigenvalue weighted by molar-refractivity contribution is 0.290. The number of nitrogens with zero attached hydrogens (tertiary/aromatic N) is 3. The molecule has 3 aromatic rings. The lowest BCUT2D eigenvalue weighted by Crippen LogP contribution is -2.31. The molecule has 0 amide bonds. The first-order valence-corrected chi connectivity index (χ1v) is 10.8. The molecular weight excluding hydrogens is 374 g/mol. The zero-order valence-corrected chi connectivity index (χ0v) is 17.0. The van der Waals surface area contributed by atoms with Crippen LogP contribution in [0.4, 0.5) is 0 Å². The average molecular weight is 398 g/mol. The Kier molecular flexibility index (Phi) is 4.81. The van der Waals surface area contributed by atoms with Gasteiger partial charge in [0.05, 0.1) is 4.90 Å². The van der Waals surface area contributed by atoms with Gasteiger partial charge in [0.2, 0.25) is 21.7 Å². The third-order valence-electron chi connectivity index (χ3n) is 5.17. The molecule has 0 bridgehead atoms. The number of sulfonamides is 1. The molecule has 0 aliphatic carbocycles. The Balaban J connectivity index is 1.67. The van der Waals surface area contributed by atoms with E-state index in [1.165, 1.54) is 4.31 Å². The van der Waals surface area contributed by atoms with Crippen molar-refractivity contribution in [3.8, 4) is 11.4 Å². The van der Waals surface area contributed by atoms with Gasteiger partial charge >= 0.3 is 0 Å². The zero-order chi connectivity index (χ0) is 19.9. The summed E-state index contributed by atoms with van der Waals surface area (Å²) < 4.78 is 33.7. The number of aryl methyl sites for hydroxylation is 3. The van der Waals surface area contributed by atoms with Crippen LogP contribution >= 0.6 is 0 Å². The summed E-state index contributed by atoms with van der Waals surface area (Å²) in [4.78, 5) is 4.85. The summed E-state index contributed by atoms with van der Waals surface area (Å²) in [7, 11) is -3.64. The van der Waals surface area contributed by atoms with E-state index in [-0.39, 0.29) is 0 Å². The topological polar surface area (TPSA) is 76.3 Å². The highest BCUT2D eigenvalue weighted by molar-refractivity contribution is 7.89. The summed E-state index contributed by atoms with van der Waals surface area (Å²) in [6, 6.07) is 12.9. The molecule has 1 atom stereocenters. The van der Waals surface area contributed by atoms with Gasteiger partial charge in [0.15, 0.2) is 0 Å². The van der Waals surface area contributed by atoms with E-state index in [2.05, 4.69) is 10.1 Å². The third kappa shape index (κ3) is 3.36. The van der Waals surface area contributed by atoms with Gasteiger partial charge in [0, 0.05) is 12.1 Å². The van der Waals surface area contributed by atoms with Crippen molar-refractivity contribution < 1.29 is 12.9 Å². The van der Waals surface area contributed by atoms with Crippen molar-refractivity contribution in [2.45, 2.75) is 44.6 Å². The Labute approximate surface area is 165 Å². The van der Waals surface area contributed by atoms with Gasteiger partial charge in [-0.05, 0) is 50.8 Å². The van der Waals surface area contributed by atoms with E-state index in [1.54, 1.807) is 6.07 Å². The van der Waals surface area contributed by atoms with Gasteiger partial charge < -0.3 is 4.52 Å².